The summed E-state index contributed by atoms with van der Waals surface area (Å²) >= 11 is 0. The van der Waals surface area contributed by atoms with Crippen molar-refractivity contribution in [3.8, 4) is 0 Å². The van der Waals surface area contributed by atoms with Crippen LogP contribution in [0.15, 0.2) is 23.3 Å². The lowest BCUT2D eigenvalue weighted by molar-refractivity contribution is -0.147. The van der Waals surface area contributed by atoms with Gasteiger partial charge in [-0.3, -0.25) is 4.79 Å². The van der Waals surface area contributed by atoms with Gasteiger partial charge in [0.25, 0.3) is 0 Å². The third-order valence-corrected chi connectivity index (χ3v) is 3.92. The highest BCUT2D eigenvalue weighted by Gasteiger charge is 2.25. The van der Waals surface area contributed by atoms with Crippen LogP contribution in [0.25, 0.3) is 0 Å². The Hall–Kier alpha value is -1.66. The van der Waals surface area contributed by atoms with Crippen molar-refractivity contribution in [2.75, 3.05) is 6.61 Å². The summed E-state index contributed by atoms with van der Waals surface area (Å²) in [4.78, 5) is 21.4. The van der Waals surface area contributed by atoms with E-state index in [2.05, 4.69) is 6.92 Å². The summed E-state index contributed by atoms with van der Waals surface area (Å²) in [5.41, 5.74) is 1.82. The average Bonchev–Trinajstić information content (AvgIpc) is 2.42. The van der Waals surface area contributed by atoms with E-state index in [1.807, 2.05) is 13.0 Å². The highest BCUT2D eigenvalue weighted by molar-refractivity contribution is 5.81. The molecule has 0 radical (unpaired) electrons. The molecule has 24 heavy (non-hydrogen) atoms. The fourth-order valence-electron chi connectivity index (χ4n) is 2.75. The average molecular weight is 342 g/mol. The Balaban J connectivity index is 4.14. The van der Waals surface area contributed by atoms with Gasteiger partial charge in [0.05, 0.1) is 12.7 Å². The molecule has 0 bridgehead atoms. The minimum Gasteiger partial charge on any atom is -0.481 e. The summed E-state index contributed by atoms with van der Waals surface area (Å²) in [7, 11) is 0. The van der Waals surface area contributed by atoms with E-state index in [9.17, 15) is 14.7 Å². The molecule has 0 spiro atoms. The molecule has 0 aromatic rings. The molecule has 0 heterocycles. The molecule has 0 aliphatic rings. The van der Waals surface area contributed by atoms with E-state index < -0.39 is 30.6 Å². The number of unbranched alkanes of at least 4 members (excludes halogenated alkanes) is 1. The van der Waals surface area contributed by atoms with Gasteiger partial charge in [-0.15, -0.1) is 0 Å². The summed E-state index contributed by atoms with van der Waals surface area (Å²) in [5, 5.41) is 36.2. The van der Waals surface area contributed by atoms with Gasteiger partial charge in [0, 0.05) is 6.08 Å². The third kappa shape index (κ3) is 10.2. The van der Waals surface area contributed by atoms with Crippen molar-refractivity contribution in [2.45, 2.75) is 59.0 Å². The zero-order chi connectivity index (χ0) is 18.7. The first kappa shape index (κ1) is 22.3. The summed E-state index contributed by atoms with van der Waals surface area (Å²) < 4.78 is 0. The molecular formula is C18H30O6. The van der Waals surface area contributed by atoms with Crippen molar-refractivity contribution >= 4 is 11.9 Å². The molecule has 0 saturated carbocycles. The maximum atomic E-state index is 10.8. The van der Waals surface area contributed by atoms with Gasteiger partial charge in [-0.1, -0.05) is 37.8 Å². The molecule has 0 amide bonds. The molecule has 0 aliphatic heterocycles. The SMILES string of the molecule is CC(=C\C(=O)O)/C=C(\C)C[C@@H](C)CCCC[C@H](O)[C@@H](CO)C(=O)O. The van der Waals surface area contributed by atoms with Crippen LogP contribution in [-0.2, 0) is 9.59 Å². The number of allylic oxidation sites excluding steroid dienone is 3. The van der Waals surface area contributed by atoms with Gasteiger partial charge >= 0.3 is 11.9 Å². The summed E-state index contributed by atoms with van der Waals surface area (Å²) in [6, 6.07) is 0. The van der Waals surface area contributed by atoms with Gasteiger partial charge in [0.1, 0.15) is 5.92 Å². The third-order valence-electron chi connectivity index (χ3n) is 3.92. The predicted molar refractivity (Wildman–Crippen MR) is 91.6 cm³/mol. The molecule has 0 unspecified atom stereocenters. The zero-order valence-electron chi connectivity index (χ0n) is 14.7. The molecule has 6 nitrogen and oxygen atoms in total. The lowest BCUT2D eigenvalue weighted by Crippen LogP contribution is -2.31. The summed E-state index contributed by atoms with van der Waals surface area (Å²) in [5.74, 6) is -2.82. The Morgan fingerprint density at radius 2 is 1.62 bits per heavy atom. The Morgan fingerprint density at radius 1 is 1.04 bits per heavy atom. The van der Waals surface area contributed by atoms with Gasteiger partial charge < -0.3 is 20.4 Å². The van der Waals surface area contributed by atoms with E-state index in [1.165, 1.54) is 6.08 Å². The van der Waals surface area contributed by atoms with Crippen LogP contribution in [0.3, 0.4) is 0 Å². The van der Waals surface area contributed by atoms with E-state index in [0.717, 1.165) is 24.8 Å². The van der Waals surface area contributed by atoms with Gasteiger partial charge in [-0.05, 0) is 38.2 Å². The van der Waals surface area contributed by atoms with E-state index >= 15 is 0 Å². The molecule has 0 aliphatic carbocycles. The summed E-state index contributed by atoms with van der Waals surface area (Å²) in [6.45, 7) is 5.28. The second kappa shape index (κ2) is 11.8. The first-order chi connectivity index (χ1) is 11.2. The minimum absolute atomic E-state index is 0.361. The van der Waals surface area contributed by atoms with Crippen LogP contribution in [0.2, 0.25) is 0 Å². The minimum atomic E-state index is -1.18. The van der Waals surface area contributed by atoms with Crippen molar-refractivity contribution in [1.82, 2.24) is 0 Å². The molecular weight excluding hydrogens is 312 g/mol. The number of aliphatic hydroxyl groups is 2. The van der Waals surface area contributed by atoms with Crippen molar-refractivity contribution < 1.29 is 30.0 Å². The van der Waals surface area contributed by atoms with Crippen LogP contribution >= 0.6 is 0 Å². The number of aliphatic carboxylic acids is 2. The maximum Gasteiger partial charge on any atom is 0.328 e. The maximum absolute atomic E-state index is 10.8. The Kier molecular flexibility index (Phi) is 11.0. The van der Waals surface area contributed by atoms with Crippen molar-refractivity contribution in [3.05, 3.63) is 23.3 Å². The number of aliphatic hydroxyl groups excluding tert-OH is 2. The quantitative estimate of drug-likeness (QED) is 0.246. The highest BCUT2D eigenvalue weighted by atomic mass is 16.4. The predicted octanol–water partition coefficient (Wildman–Crippen LogP) is 2.60. The number of hydrogen-bond acceptors (Lipinski definition) is 4. The van der Waals surface area contributed by atoms with Crippen LogP contribution in [0.4, 0.5) is 0 Å². The van der Waals surface area contributed by atoms with Crippen molar-refractivity contribution in [2.24, 2.45) is 11.8 Å². The van der Waals surface area contributed by atoms with E-state index in [1.54, 1.807) is 6.92 Å². The number of carboxylic acids is 2. The van der Waals surface area contributed by atoms with E-state index in [0.29, 0.717) is 24.3 Å². The van der Waals surface area contributed by atoms with Gasteiger partial charge in [0.15, 0.2) is 0 Å². The molecule has 0 rings (SSSR count). The smallest absolute Gasteiger partial charge is 0.328 e. The molecule has 0 fully saturated rings. The monoisotopic (exact) mass is 342 g/mol. The van der Waals surface area contributed by atoms with Crippen LogP contribution in [0.1, 0.15) is 52.9 Å². The van der Waals surface area contributed by atoms with Crippen molar-refractivity contribution in [1.29, 1.82) is 0 Å². The zero-order valence-corrected chi connectivity index (χ0v) is 14.7. The first-order valence-electron chi connectivity index (χ1n) is 8.27. The van der Waals surface area contributed by atoms with Gasteiger partial charge in [-0.25, -0.2) is 4.79 Å². The Labute approximate surface area is 143 Å². The Morgan fingerprint density at radius 3 is 2.12 bits per heavy atom. The van der Waals surface area contributed by atoms with Crippen LogP contribution in [-0.4, -0.2) is 45.1 Å². The van der Waals surface area contributed by atoms with Crippen LogP contribution < -0.4 is 0 Å². The first-order valence-corrected chi connectivity index (χ1v) is 8.27. The molecule has 3 atom stereocenters. The van der Waals surface area contributed by atoms with Gasteiger partial charge in [-0.2, -0.15) is 0 Å². The Bertz CT molecular complexity index is 466. The summed E-state index contributed by atoms with van der Waals surface area (Å²) in [6.07, 6.45) is 5.76. The molecule has 138 valence electrons. The second-order valence-electron chi connectivity index (χ2n) is 6.51. The van der Waals surface area contributed by atoms with Crippen LogP contribution in [0, 0.1) is 11.8 Å². The second-order valence-corrected chi connectivity index (χ2v) is 6.51. The highest BCUT2D eigenvalue weighted by Crippen LogP contribution is 2.20. The number of rotatable bonds is 12. The fourth-order valence-corrected chi connectivity index (χ4v) is 2.75. The normalized spacial score (nSPS) is 16.5. The lowest BCUT2D eigenvalue weighted by atomic mass is 9.93. The lowest BCUT2D eigenvalue weighted by Gasteiger charge is -2.17. The topological polar surface area (TPSA) is 115 Å². The van der Waals surface area contributed by atoms with E-state index in [-0.39, 0.29) is 0 Å². The standard InChI is InChI=1S/C18H30O6/c1-12(8-13(2)9-14(3)10-17(21)22)6-4-5-7-16(20)15(11-19)18(23)24/h9-10,12,15-16,19-20H,4-8,11H2,1-3H3,(H,21,22)(H,23,24)/b13-9+,14-10+/t12-,15+,16-/m0/s1. The molecule has 4 N–H and O–H groups in total. The van der Waals surface area contributed by atoms with Gasteiger partial charge in [0.2, 0.25) is 0 Å². The molecule has 0 saturated heterocycles. The number of carbonyl (C=O) groups is 2. The largest absolute Gasteiger partial charge is 0.481 e. The molecule has 0 aromatic carbocycles. The number of carboxylic acid groups (broad SMARTS) is 2. The van der Waals surface area contributed by atoms with E-state index in [4.69, 9.17) is 15.3 Å². The fraction of sp³-hybridized carbons (Fsp3) is 0.667. The van der Waals surface area contributed by atoms with Crippen molar-refractivity contribution in [3.63, 3.8) is 0 Å². The molecule has 0 aromatic heterocycles. The molecule has 6 heteroatoms. The number of hydrogen-bond donors (Lipinski definition) is 4. The van der Waals surface area contributed by atoms with Crippen LogP contribution in [0.5, 0.6) is 0 Å².